The molecule has 21 heavy (non-hydrogen) atoms. The standard InChI is InChI=1S/C15H10Cl2N4/c16-11-7-5-10(6-8-11)9-18-21-14-12-3-1-2-4-13(12)19-15(17)20-14/h1-9H,(H,19,20,21)/b18-9+. The van der Waals surface area contributed by atoms with Crippen LogP contribution in [0.2, 0.25) is 10.3 Å². The summed E-state index contributed by atoms with van der Waals surface area (Å²) < 4.78 is 0. The minimum Gasteiger partial charge on any atom is -0.261 e. The first-order chi connectivity index (χ1) is 10.2. The maximum Gasteiger partial charge on any atom is 0.224 e. The second-order valence-electron chi connectivity index (χ2n) is 4.28. The van der Waals surface area contributed by atoms with Gasteiger partial charge in [0.2, 0.25) is 5.28 Å². The van der Waals surface area contributed by atoms with Crippen molar-refractivity contribution < 1.29 is 0 Å². The zero-order valence-electron chi connectivity index (χ0n) is 10.8. The fourth-order valence-corrected chi connectivity index (χ4v) is 2.15. The van der Waals surface area contributed by atoms with Gasteiger partial charge in [-0.25, -0.2) is 4.98 Å². The Morgan fingerprint density at radius 3 is 2.52 bits per heavy atom. The molecule has 3 aromatic rings. The van der Waals surface area contributed by atoms with Gasteiger partial charge in [0.1, 0.15) is 0 Å². The van der Waals surface area contributed by atoms with Crippen molar-refractivity contribution in [2.75, 3.05) is 5.43 Å². The minimum atomic E-state index is 0.179. The fourth-order valence-electron chi connectivity index (χ4n) is 1.85. The summed E-state index contributed by atoms with van der Waals surface area (Å²) in [6, 6.07) is 14.9. The summed E-state index contributed by atoms with van der Waals surface area (Å²) in [6.07, 6.45) is 1.68. The lowest BCUT2D eigenvalue weighted by Gasteiger charge is -2.04. The summed E-state index contributed by atoms with van der Waals surface area (Å²) in [6.45, 7) is 0. The number of nitrogens with zero attached hydrogens (tertiary/aromatic N) is 3. The van der Waals surface area contributed by atoms with Crippen LogP contribution < -0.4 is 5.43 Å². The maximum absolute atomic E-state index is 5.91. The van der Waals surface area contributed by atoms with Crippen molar-refractivity contribution in [2.24, 2.45) is 5.10 Å². The molecule has 0 saturated carbocycles. The summed E-state index contributed by atoms with van der Waals surface area (Å²) >= 11 is 11.7. The fraction of sp³-hybridized carbons (Fsp3) is 0. The number of hydrazone groups is 1. The van der Waals surface area contributed by atoms with Gasteiger partial charge in [-0.15, -0.1) is 0 Å². The Balaban J connectivity index is 1.86. The second-order valence-corrected chi connectivity index (χ2v) is 5.05. The maximum atomic E-state index is 5.91. The first-order valence-electron chi connectivity index (χ1n) is 6.19. The predicted octanol–water partition coefficient (Wildman–Crippen LogP) is 4.38. The second kappa shape index (κ2) is 6.08. The number of fused-ring (bicyclic) bond motifs is 1. The lowest BCUT2D eigenvalue weighted by molar-refractivity contribution is 1.18. The average molecular weight is 317 g/mol. The zero-order valence-corrected chi connectivity index (χ0v) is 12.3. The van der Waals surface area contributed by atoms with Gasteiger partial charge in [-0.3, -0.25) is 5.43 Å². The van der Waals surface area contributed by atoms with Crippen LogP contribution in [-0.4, -0.2) is 16.2 Å². The SMILES string of the molecule is Clc1ccc(/C=N/Nc2nc(Cl)nc3ccccc23)cc1. The average Bonchev–Trinajstić information content (AvgIpc) is 2.49. The summed E-state index contributed by atoms with van der Waals surface area (Å²) in [5.41, 5.74) is 4.59. The van der Waals surface area contributed by atoms with Gasteiger partial charge in [0, 0.05) is 10.4 Å². The molecule has 0 amide bonds. The Morgan fingerprint density at radius 1 is 0.952 bits per heavy atom. The Hall–Kier alpha value is -2.17. The lowest BCUT2D eigenvalue weighted by Crippen LogP contribution is -1.97. The molecule has 0 radical (unpaired) electrons. The summed E-state index contributed by atoms with van der Waals surface area (Å²) in [5.74, 6) is 0.566. The number of para-hydroxylation sites is 1. The molecule has 1 heterocycles. The minimum absolute atomic E-state index is 0.179. The molecule has 0 atom stereocenters. The van der Waals surface area contributed by atoms with Crippen molar-refractivity contribution in [2.45, 2.75) is 0 Å². The molecule has 104 valence electrons. The number of anilines is 1. The van der Waals surface area contributed by atoms with E-state index in [-0.39, 0.29) is 5.28 Å². The van der Waals surface area contributed by atoms with E-state index >= 15 is 0 Å². The van der Waals surface area contributed by atoms with Crippen LogP contribution in [0.1, 0.15) is 5.56 Å². The quantitative estimate of drug-likeness (QED) is 0.443. The van der Waals surface area contributed by atoms with Crippen LogP contribution in [0.25, 0.3) is 10.9 Å². The molecular weight excluding hydrogens is 307 g/mol. The molecule has 3 rings (SSSR count). The third kappa shape index (κ3) is 3.29. The van der Waals surface area contributed by atoms with E-state index in [1.165, 1.54) is 0 Å². The van der Waals surface area contributed by atoms with Gasteiger partial charge in [0.25, 0.3) is 0 Å². The first kappa shape index (κ1) is 13.8. The number of benzene rings is 2. The number of hydrogen-bond acceptors (Lipinski definition) is 4. The van der Waals surface area contributed by atoms with Crippen LogP contribution in [0.4, 0.5) is 5.82 Å². The molecule has 0 aliphatic rings. The highest BCUT2D eigenvalue weighted by molar-refractivity contribution is 6.30. The number of rotatable bonds is 3. The Morgan fingerprint density at radius 2 is 1.71 bits per heavy atom. The zero-order chi connectivity index (χ0) is 14.7. The van der Waals surface area contributed by atoms with Crippen LogP contribution in [0.5, 0.6) is 0 Å². The van der Waals surface area contributed by atoms with E-state index in [2.05, 4.69) is 20.5 Å². The topological polar surface area (TPSA) is 50.2 Å². The van der Waals surface area contributed by atoms with Crippen LogP contribution in [0.15, 0.2) is 53.6 Å². The van der Waals surface area contributed by atoms with Gasteiger partial charge >= 0.3 is 0 Å². The molecule has 0 saturated heterocycles. The number of halogens is 2. The Bertz CT molecular complexity index is 800. The molecule has 1 aromatic heterocycles. The van der Waals surface area contributed by atoms with Crippen LogP contribution in [-0.2, 0) is 0 Å². The number of nitrogens with one attached hydrogen (secondary N) is 1. The highest BCUT2D eigenvalue weighted by atomic mass is 35.5. The van der Waals surface area contributed by atoms with Gasteiger partial charge in [-0.1, -0.05) is 35.9 Å². The van der Waals surface area contributed by atoms with Crippen molar-refractivity contribution in [1.29, 1.82) is 0 Å². The molecule has 2 aromatic carbocycles. The molecule has 6 heteroatoms. The summed E-state index contributed by atoms with van der Waals surface area (Å²) in [5, 5.41) is 5.89. The molecule has 0 unspecified atom stereocenters. The van der Waals surface area contributed by atoms with E-state index in [0.29, 0.717) is 10.8 Å². The van der Waals surface area contributed by atoms with E-state index in [1.54, 1.807) is 18.3 Å². The molecule has 0 fully saturated rings. The predicted molar refractivity (Wildman–Crippen MR) is 87.2 cm³/mol. The third-order valence-corrected chi connectivity index (χ3v) is 3.25. The van der Waals surface area contributed by atoms with Crippen molar-refractivity contribution in [3.8, 4) is 0 Å². The van der Waals surface area contributed by atoms with E-state index in [9.17, 15) is 0 Å². The van der Waals surface area contributed by atoms with Crippen molar-refractivity contribution in [3.63, 3.8) is 0 Å². The smallest absolute Gasteiger partial charge is 0.224 e. The Kier molecular flexibility index (Phi) is 3.99. The van der Waals surface area contributed by atoms with Crippen LogP contribution in [0.3, 0.4) is 0 Å². The van der Waals surface area contributed by atoms with Crippen molar-refractivity contribution >= 4 is 46.1 Å². The van der Waals surface area contributed by atoms with E-state index in [1.807, 2.05) is 36.4 Å². The molecule has 0 spiro atoms. The summed E-state index contributed by atoms with van der Waals surface area (Å²) in [7, 11) is 0. The number of hydrogen-bond donors (Lipinski definition) is 1. The first-order valence-corrected chi connectivity index (χ1v) is 6.95. The highest BCUT2D eigenvalue weighted by Gasteiger charge is 2.04. The monoisotopic (exact) mass is 316 g/mol. The van der Waals surface area contributed by atoms with Gasteiger partial charge in [0.15, 0.2) is 5.82 Å². The third-order valence-electron chi connectivity index (χ3n) is 2.83. The molecule has 1 N–H and O–H groups in total. The van der Waals surface area contributed by atoms with Gasteiger partial charge < -0.3 is 0 Å². The highest BCUT2D eigenvalue weighted by Crippen LogP contribution is 2.21. The van der Waals surface area contributed by atoms with Crippen molar-refractivity contribution in [3.05, 3.63) is 64.4 Å². The molecule has 0 aliphatic heterocycles. The van der Waals surface area contributed by atoms with Gasteiger partial charge in [-0.2, -0.15) is 10.1 Å². The van der Waals surface area contributed by atoms with Crippen LogP contribution in [0, 0.1) is 0 Å². The molecular formula is C15H10Cl2N4. The van der Waals surface area contributed by atoms with Crippen LogP contribution >= 0.6 is 23.2 Å². The van der Waals surface area contributed by atoms with Gasteiger partial charge in [-0.05, 0) is 41.4 Å². The normalized spacial score (nSPS) is 11.1. The van der Waals surface area contributed by atoms with Gasteiger partial charge in [0.05, 0.1) is 11.7 Å². The van der Waals surface area contributed by atoms with Crippen molar-refractivity contribution in [1.82, 2.24) is 9.97 Å². The van der Waals surface area contributed by atoms with E-state index in [0.717, 1.165) is 16.5 Å². The molecule has 0 aliphatic carbocycles. The lowest BCUT2D eigenvalue weighted by atomic mass is 10.2. The number of aromatic nitrogens is 2. The largest absolute Gasteiger partial charge is 0.261 e. The van der Waals surface area contributed by atoms with E-state index < -0.39 is 0 Å². The molecule has 4 nitrogen and oxygen atoms in total. The van der Waals surface area contributed by atoms with E-state index in [4.69, 9.17) is 23.2 Å². The summed E-state index contributed by atoms with van der Waals surface area (Å²) in [4.78, 5) is 8.32. The molecule has 0 bridgehead atoms. The Labute approximate surface area is 131 Å².